The fraction of sp³-hybridized carbons (Fsp3) is 0.929. The number of sulfonamides is 1. The minimum atomic E-state index is -3.18. The molecule has 2 fully saturated rings. The van der Waals surface area contributed by atoms with Crippen molar-refractivity contribution in [2.75, 3.05) is 26.4 Å². The van der Waals surface area contributed by atoms with Gasteiger partial charge in [0, 0.05) is 26.2 Å². The van der Waals surface area contributed by atoms with Crippen molar-refractivity contribution in [3.63, 3.8) is 0 Å². The van der Waals surface area contributed by atoms with Gasteiger partial charge in [-0.1, -0.05) is 19.3 Å². The third-order valence-corrected chi connectivity index (χ3v) is 5.94. The molecule has 1 atom stereocenters. The van der Waals surface area contributed by atoms with Crippen LogP contribution in [-0.2, 0) is 14.8 Å². The fourth-order valence-corrected chi connectivity index (χ4v) is 4.29. The molecule has 0 aromatic heterocycles. The van der Waals surface area contributed by atoms with E-state index < -0.39 is 10.0 Å². The lowest BCUT2D eigenvalue weighted by Gasteiger charge is -2.36. The molecule has 0 aromatic carbocycles. The Kier molecular flexibility index (Phi) is 5.07. The summed E-state index contributed by atoms with van der Waals surface area (Å²) in [6.45, 7) is 0.907. The van der Waals surface area contributed by atoms with Crippen molar-refractivity contribution in [1.82, 2.24) is 9.21 Å². The molecule has 1 saturated carbocycles. The number of piperidine rings is 1. The van der Waals surface area contributed by atoms with Crippen LogP contribution in [0, 0.1) is 5.92 Å². The molecule has 5 nitrogen and oxygen atoms in total. The Balaban J connectivity index is 1.97. The lowest BCUT2D eigenvalue weighted by Crippen LogP contribution is -2.48. The summed E-state index contributed by atoms with van der Waals surface area (Å²) in [7, 11) is -1.29. The average molecular weight is 302 g/mol. The van der Waals surface area contributed by atoms with Gasteiger partial charge >= 0.3 is 0 Å². The zero-order chi connectivity index (χ0) is 14.8. The third-order valence-electron chi connectivity index (χ3n) is 4.67. The molecule has 1 heterocycles. The first-order valence-electron chi connectivity index (χ1n) is 7.61. The van der Waals surface area contributed by atoms with E-state index in [9.17, 15) is 13.2 Å². The molecule has 1 unspecified atom stereocenters. The van der Waals surface area contributed by atoms with Gasteiger partial charge in [-0.05, 0) is 25.7 Å². The van der Waals surface area contributed by atoms with Crippen LogP contribution < -0.4 is 0 Å². The lowest BCUT2D eigenvalue weighted by molar-refractivity contribution is -0.138. The van der Waals surface area contributed by atoms with Gasteiger partial charge in [0.15, 0.2) is 0 Å². The van der Waals surface area contributed by atoms with E-state index in [0.29, 0.717) is 19.1 Å². The van der Waals surface area contributed by atoms with Crippen LogP contribution in [0.5, 0.6) is 0 Å². The van der Waals surface area contributed by atoms with Gasteiger partial charge in [-0.15, -0.1) is 0 Å². The van der Waals surface area contributed by atoms with Crippen molar-refractivity contribution in [2.24, 2.45) is 5.92 Å². The summed E-state index contributed by atoms with van der Waals surface area (Å²) in [6, 6.07) is 0.352. The van der Waals surface area contributed by atoms with E-state index in [1.54, 1.807) is 0 Å². The number of amides is 1. The minimum Gasteiger partial charge on any atom is -0.342 e. The SMILES string of the molecule is CN(C(=O)C1CCCN(S(C)(=O)=O)C1)C1CCCCC1. The highest BCUT2D eigenvalue weighted by Gasteiger charge is 2.33. The number of carbonyl (C=O) groups excluding carboxylic acids is 1. The van der Waals surface area contributed by atoms with Gasteiger partial charge in [-0.3, -0.25) is 4.79 Å². The highest BCUT2D eigenvalue weighted by atomic mass is 32.2. The topological polar surface area (TPSA) is 57.7 Å². The first-order chi connectivity index (χ1) is 9.39. The van der Waals surface area contributed by atoms with E-state index >= 15 is 0 Å². The number of carbonyl (C=O) groups is 1. The van der Waals surface area contributed by atoms with Crippen molar-refractivity contribution in [1.29, 1.82) is 0 Å². The summed E-state index contributed by atoms with van der Waals surface area (Å²) in [4.78, 5) is 14.5. The van der Waals surface area contributed by atoms with Gasteiger partial charge in [0.2, 0.25) is 15.9 Å². The summed E-state index contributed by atoms with van der Waals surface area (Å²) < 4.78 is 24.7. The minimum absolute atomic E-state index is 0.130. The Bertz CT molecular complexity index is 443. The molecule has 1 aliphatic heterocycles. The molecule has 1 amide bonds. The summed E-state index contributed by atoms with van der Waals surface area (Å²) in [5.74, 6) is -0.0318. The van der Waals surface area contributed by atoms with Crippen molar-refractivity contribution in [3.8, 4) is 0 Å². The number of nitrogens with zero attached hydrogens (tertiary/aromatic N) is 2. The first kappa shape index (κ1) is 15.8. The number of rotatable bonds is 3. The quantitative estimate of drug-likeness (QED) is 0.793. The molecule has 1 aliphatic carbocycles. The standard InChI is InChI=1S/C14H26N2O3S/c1-15(13-8-4-3-5-9-13)14(17)12-7-6-10-16(11-12)20(2,18)19/h12-13H,3-11H2,1-2H3. The number of hydrogen-bond donors (Lipinski definition) is 0. The Hall–Kier alpha value is -0.620. The number of hydrogen-bond acceptors (Lipinski definition) is 3. The Morgan fingerprint density at radius 2 is 1.75 bits per heavy atom. The largest absolute Gasteiger partial charge is 0.342 e. The molecular weight excluding hydrogens is 276 g/mol. The van der Waals surface area contributed by atoms with Crippen LogP contribution in [-0.4, -0.2) is 56.0 Å². The smallest absolute Gasteiger partial charge is 0.227 e. The molecule has 0 spiro atoms. The molecule has 0 N–H and O–H groups in total. The molecule has 2 rings (SSSR count). The molecule has 1 saturated heterocycles. The summed E-state index contributed by atoms with van der Waals surface area (Å²) in [5, 5.41) is 0. The van der Waals surface area contributed by atoms with E-state index in [2.05, 4.69) is 0 Å². The maximum Gasteiger partial charge on any atom is 0.227 e. The summed E-state index contributed by atoms with van der Waals surface area (Å²) >= 11 is 0. The average Bonchev–Trinajstić information content (AvgIpc) is 2.46. The van der Waals surface area contributed by atoms with E-state index in [4.69, 9.17) is 0 Å². The van der Waals surface area contributed by atoms with Crippen LogP contribution in [0.15, 0.2) is 0 Å². The summed E-state index contributed by atoms with van der Waals surface area (Å²) in [5.41, 5.74) is 0. The monoisotopic (exact) mass is 302 g/mol. The summed E-state index contributed by atoms with van der Waals surface area (Å²) in [6.07, 6.45) is 8.65. The first-order valence-corrected chi connectivity index (χ1v) is 9.46. The highest BCUT2D eigenvalue weighted by molar-refractivity contribution is 7.88. The molecule has 6 heteroatoms. The predicted molar refractivity (Wildman–Crippen MR) is 78.8 cm³/mol. The van der Waals surface area contributed by atoms with Crippen molar-refractivity contribution < 1.29 is 13.2 Å². The van der Waals surface area contributed by atoms with E-state index in [1.807, 2.05) is 11.9 Å². The predicted octanol–water partition coefficient (Wildman–Crippen LogP) is 1.45. The third kappa shape index (κ3) is 3.73. The van der Waals surface area contributed by atoms with E-state index in [-0.39, 0.29) is 11.8 Å². The zero-order valence-electron chi connectivity index (χ0n) is 12.5. The van der Waals surface area contributed by atoms with Gasteiger partial charge in [0.1, 0.15) is 0 Å². The van der Waals surface area contributed by atoms with Crippen LogP contribution in [0.4, 0.5) is 0 Å². The Labute approximate surface area is 122 Å². The molecule has 0 aromatic rings. The van der Waals surface area contributed by atoms with Gasteiger partial charge in [0.05, 0.1) is 12.2 Å². The highest BCUT2D eigenvalue weighted by Crippen LogP contribution is 2.26. The van der Waals surface area contributed by atoms with Gasteiger partial charge in [-0.25, -0.2) is 12.7 Å². The fourth-order valence-electron chi connectivity index (χ4n) is 3.38. The Morgan fingerprint density at radius 3 is 2.35 bits per heavy atom. The van der Waals surface area contributed by atoms with E-state index in [0.717, 1.165) is 25.7 Å². The van der Waals surface area contributed by atoms with Gasteiger partial charge < -0.3 is 4.90 Å². The second kappa shape index (κ2) is 6.43. The molecule has 0 bridgehead atoms. The molecule has 2 aliphatic rings. The lowest BCUT2D eigenvalue weighted by atomic mass is 9.92. The maximum absolute atomic E-state index is 12.6. The normalized spacial score (nSPS) is 26.4. The van der Waals surface area contributed by atoms with Gasteiger partial charge in [0.25, 0.3) is 0 Å². The van der Waals surface area contributed by atoms with Crippen LogP contribution in [0.2, 0.25) is 0 Å². The van der Waals surface area contributed by atoms with Crippen LogP contribution >= 0.6 is 0 Å². The van der Waals surface area contributed by atoms with Crippen LogP contribution in [0.3, 0.4) is 0 Å². The molecule has 0 radical (unpaired) electrons. The van der Waals surface area contributed by atoms with Crippen LogP contribution in [0.1, 0.15) is 44.9 Å². The van der Waals surface area contributed by atoms with Crippen LogP contribution in [0.25, 0.3) is 0 Å². The van der Waals surface area contributed by atoms with Crippen molar-refractivity contribution in [2.45, 2.75) is 51.0 Å². The molecular formula is C14H26N2O3S. The van der Waals surface area contributed by atoms with E-state index in [1.165, 1.54) is 29.8 Å². The second-order valence-corrected chi connectivity index (χ2v) is 8.18. The molecule has 116 valence electrons. The molecule has 20 heavy (non-hydrogen) atoms. The van der Waals surface area contributed by atoms with Crippen molar-refractivity contribution >= 4 is 15.9 Å². The maximum atomic E-state index is 12.6. The van der Waals surface area contributed by atoms with Crippen molar-refractivity contribution in [3.05, 3.63) is 0 Å². The Morgan fingerprint density at radius 1 is 1.10 bits per heavy atom. The van der Waals surface area contributed by atoms with Gasteiger partial charge in [-0.2, -0.15) is 0 Å². The second-order valence-electron chi connectivity index (χ2n) is 6.20. The zero-order valence-corrected chi connectivity index (χ0v) is 13.4.